The molecule has 0 bridgehead atoms. The molecule has 4 rings (SSSR count). The molecular formula is C20H20N4O. The summed E-state index contributed by atoms with van der Waals surface area (Å²) in [5, 5.41) is 8.56. The smallest absolute Gasteiger partial charge is 0.276 e. The Bertz CT molecular complexity index is 852. The van der Waals surface area contributed by atoms with Crippen LogP contribution in [0.15, 0.2) is 60.7 Å². The number of hydrogen-bond acceptors (Lipinski definition) is 3. The van der Waals surface area contributed by atoms with Crippen molar-refractivity contribution >= 4 is 5.91 Å². The quantitative estimate of drug-likeness (QED) is 0.737. The van der Waals surface area contributed by atoms with Crippen LogP contribution in [0.4, 0.5) is 0 Å². The van der Waals surface area contributed by atoms with E-state index in [9.17, 15) is 4.79 Å². The lowest BCUT2D eigenvalue weighted by Gasteiger charge is -2.26. The second-order valence-corrected chi connectivity index (χ2v) is 6.25. The van der Waals surface area contributed by atoms with E-state index < -0.39 is 0 Å². The molecule has 0 atom stereocenters. The lowest BCUT2D eigenvalue weighted by atomic mass is 10.1. The second kappa shape index (κ2) is 6.89. The minimum atomic E-state index is -0.0271. The zero-order valence-corrected chi connectivity index (χ0v) is 14.0. The number of carbonyl (C=O) groups is 1. The molecule has 1 fully saturated rings. The molecule has 0 radical (unpaired) electrons. The van der Waals surface area contributed by atoms with Gasteiger partial charge < -0.3 is 4.90 Å². The van der Waals surface area contributed by atoms with Crippen LogP contribution in [0.1, 0.15) is 29.8 Å². The van der Waals surface area contributed by atoms with Gasteiger partial charge in [0.2, 0.25) is 0 Å². The summed E-state index contributed by atoms with van der Waals surface area (Å²) in [5.74, 6) is -0.0271. The van der Waals surface area contributed by atoms with Crippen molar-refractivity contribution in [2.45, 2.75) is 19.3 Å². The third kappa shape index (κ3) is 3.05. The number of piperidine rings is 1. The molecule has 126 valence electrons. The van der Waals surface area contributed by atoms with Gasteiger partial charge in [0.15, 0.2) is 5.69 Å². The van der Waals surface area contributed by atoms with Crippen LogP contribution in [0.25, 0.3) is 16.9 Å². The summed E-state index contributed by atoms with van der Waals surface area (Å²) in [4.78, 5) is 14.9. The highest BCUT2D eigenvalue weighted by atomic mass is 16.2. The molecule has 25 heavy (non-hydrogen) atoms. The van der Waals surface area contributed by atoms with E-state index in [1.807, 2.05) is 65.6 Å². The lowest BCUT2D eigenvalue weighted by Crippen LogP contribution is -2.36. The number of benzene rings is 2. The fourth-order valence-corrected chi connectivity index (χ4v) is 3.28. The molecule has 1 aliphatic heterocycles. The van der Waals surface area contributed by atoms with Crippen molar-refractivity contribution in [1.29, 1.82) is 0 Å². The third-order valence-electron chi connectivity index (χ3n) is 4.56. The van der Waals surface area contributed by atoms with Crippen LogP contribution in [0.5, 0.6) is 0 Å². The summed E-state index contributed by atoms with van der Waals surface area (Å²) in [6, 6.07) is 19.7. The Morgan fingerprint density at radius 1 is 0.840 bits per heavy atom. The van der Waals surface area contributed by atoms with E-state index in [0.717, 1.165) is 42.9 Å². The second-order valence-electron chi connectivity index (χ2n) is 6.25. The van der Waals surface area contributed by atoms with E-state index in [4.69, 9.17) is 0 Å². The number of carbonyl (C=O) groups excluding carboxylic acids is 1. The molecule has 0 spiro atoms. The van der Waals surface area contributed by atoms with E-state index in [0.29, 0.717) is 5.69 Å². The number of aromatic nitrogens is 3. The molecule has 2 aromatic carbocycles. The van der Waals surface area contributed by atoms with Crippen molar-refractivity contribution < 1.29 is 4.79 Å². The Hall–Kier alpha value is -2.95. The first kappa shape index (κ1) is 15.6. The van der Waals surface area contributed by atoms with Crippen LogP contribution in [-0.4, -0.2) is 38.9 Å². The first-order chi connectivity index (χ1) is 12.3. The van der Waals surface area contributed by atoms with E-state index in [1.165, 1.54) is 6.42 Å². The Balaban J connectivity index is 1.82. The van der Waals surface area contributed by atoms with E-state index in [1.54, 1.807) is 4.68 Å². The van der Waals surface area contributed by atoms with Crippen LogP contribution in [0, 0.1) is 0 Å². The molecule has 0 aliphatic carbocycles. The highest BCUT2D eigenvalue weighted by Gasteiger charge is 2.26. The van der Waals surface area contributed by atoms with Crippen molar-refractivity contribution in [1.82, 2.24) is 19.9 Å². The highest BCUT2D eigenvalue weighted by Crippen LogP contribution is 2.26. The molecule has 0 saturated carbocycles. The van der Waals surface area contributed by atoms with Crippen LogP contribution in [0.3, 0.4) is 0 Å². The fraction of sp³-hybridized carbons (Fsp3) is 0.250. The van der Waals surface area contributed by atoms with Gasteiger partial charge in [-0.2, -0.15) is 0 Å². The molecule has 0 N–H and O–H groups in total. The fourth-order valence-electron chi connectivity index (χ4n) is 3.28. The van der Waals surface area contributed by atoms with Crippen molar-refractivity contribution in [3.8, 4) is 16.9 Å². The van der Waals surface area contributed by atoms with Crippen LogP contribution in [-0.2, 0) is 0 Å². The summed E-state index contributed by atoms with van der Waals surface area (Å²) >= 11 is 0. The van der Waals surface area contributed by atoms with Gasteiger partial charge in [0.1, 0.15) is 5.69 Å². The molecule has 0 unspecified atom stereocenters. The molecule has 3 aromatic rings. The van der Waals surface area contributed by atoms with Gasteiger partial charge in [0.05, 0.1) is 5.69 Å². The van der Waals surface area contributed by atoms with Crippen molar-refractivity contribution in [3.63, 3.8) is 0 Å². The van der Waals surface area contributed by atoms with Gasteiger partial charge in [0, 0.05) is 18.7 Å². The lowest BCUT2D eigenvalue weighted by molar-refractivity contribution is 0.0719. The van der Waals surface area contributed by atoms with Crippen LogP contribution in [0.2, 0.25) is 0 Å². The third-order valence-corrected chi connectivity index (χ3v) is 4.56. The van der Waals surface area contributed by atoms with Crippen LogP contribution >= 0.6 is 0 Å². The van der Waals surface area contributed by atoms with E-state index >= 15 is 0 Å². The summed E-state index contributed by atoms with van der Waals surface area (Å²) in [6.45, 7) is 1.59. The van der Waals surface area contributed by atoms with E-state index in [-0.39, 0.29) is 5.91 Å². The van der Waals surface area contributed by atoms with E-state index in [2.05, 4.69) is 10.3 Å². The van der Waals surface area contributed by atoms with Gasteiger partial charge in [-0.15, -0.1) is 5.10 Å². The molecule has 1 saturated heterocycles. The summed E-state index contributed by atoms with van der Waals surface area (Å²) in [6.07, 6.45) is 3.30. The van der Waals surface area contributed by atoms with Gasteiger partial charge in [0.25, 0.3) is 5.91 Å². The van der Waals surface area contributed by atoms with Crippen molar-refractivity contribution in [2.24, 2.45) is 0 Å². The minimum absolute atomic E-state index is 0.0271. The number of nitrogens with zero attached hydrogens (tertiary/aromatic N) is 4. The molecule has 2 heterocycles. The average Bonchev–Trinajstić information content (AvgIpc) is 3.14. The Morgan fingerprint density at radius 3 is 2.16 bits per heavy atom. The van der Waals surface area contributed by atoms with Gasteiger partial charge >= 0.3 is 0 Å². The number of amides is 1. The van der Waals surface area contributed by atoms with Crippen molar-refractivity contribution in [2.75, 3.05) is 13.1 Å². The maximum absolute atomic E-state index is 13.0. The summed E-state index contributed by atoms with van der Waals surface area (Å²) < 4.78 is 1.76. The van der Waals surface area contributed by atoms with Gasteiger partial charge in [-0.05, 0) is 31.4 Å². The molecule has 1 aliphatic rings. The largest absolute Gasteiger partial charge is 0.337 e. The Labute approximate surface area is 146 Å². The topological polar surface area (TPSA) is 51.0 Å². The van der Waals surface area contributed by atoms with Gasteiger partial charge in [-0.25, -0.2) is 4.68 Å². The predicted octanol–water partition coefficient (Wildman–Crippen LogP) is 3.56. The first-order valence-corrected chi connectivity index (χ1v) is 8.70. The minimum Gasteiger partial charge on any atom is -0.337 e. The summed E-state index contributed by atoms with van der Waals surface area (Å²) in [7, 11) is 0. The normalized spacial score (nSPS) is 14.5. The molecule has 1 aromatic heterocycles. The first-order valence-electron chi connectivity index (χ1n) is 8.70. The van der Waals surface area contributed by atoms with Crippen molar-refractivity contribution in [3.05, 3.63) is 66.4 Å². The number of likely N-dealkylation sites (tertiary alicyclic amines) is 1. The van der Waals surface area contributed by atoms with Gasteiger partial charge in [-0.1, -0.05) is 53.7 Å². The number of rotatable bonds is 3. The standard InChI is InChI=1S/C20H20N4O/c25-20(23-14-8-3-9-15-23)18-19(16-10-4-1-5-11-16)24(22-21-18)17-12-6-2-7-13-17/h1-2,4-7,10-13H,3,8-9,14-15H2. The SMILES string of the molecule is O=C(c1nnn(-c2ccccc2)c1-c1ccccc1)N1CCCCC1. The number of para-hydroxylation sites is 1. The molecule has 1 amide bonds. The molecule has 5 nitrogen and oxygen atoms in total. The maximum atomic E-state index is 13.0. The Kier molecular flexibility index (Phi) is 4.29. The highest BCUT2D eigenvalue weighted by molar-refractivity contribution is 5.98. The van der Waals surface area contributed by atoms with Crippen LogP contribution < -0.4 is 0 Å². The Morgan fingerprint density at radius 2 is 1.48 bits per heavy atom. The maximum Gasteiger partial charge on any atom is 0.276 e. The number of hydrogen-bond donors (Lipinski definition) is 0. The molecular weight excluding hydrogens is 312 g/mol. The average molecular weight is 332 g/mol. The summed E-state index contributed by atoms with van der Waals surface area (Å²) in [5.41, 5.74) is 3.02. The zero-order valence-electron chi connectivity index (χ0n) is 14.0. The molecule has 5 heteroatoms. The monoisotopic (exact) mass is 332 g/mol. The van der Waals surface area contributed by atoms with Gasteiger partial charge in [-0.3, -0.25) is 4.79 Å². The predicted molar refractivity (Wildman–Crippen MR) is 96.5 cm³/mol. The zero-order chi connectivity index (χ0) is 17.1.